The number of aliphatic carboxylic acids is 1. The first-order valence-electron chi connectivity index (χ1n) is 5.92. The van der Waals surface area contributed by atoms with Crippen LogP contribution in [0.15, 0.2) is 12.7 Å². The molecule has 3 unspecified atom stereocenters. The molecule has 0 aromatic heterocycles. The maximum atomic E-state index is 12.0. The zero-order valence-electron chi connectivity index (χ0n) is 10.4. The van der Waals surface area contributed by atoms with E-state index in [1.165, 1.54) is 16.7 Å². The second-order valence-electron chi connectivity index (χ2n) is 4.70. The molecule has 0 aromatic carbocycles. The number of aliphatic hydroxyl groups is 1. The van der Waals surface area contributed by atoms with E-state index in [2.05, 4.69) is 6.58 Å². The van der Waals surface area contributed by atoms with Crippen LogP contribution in [0.3, 0.4) is 0 Å². The first kappa shape index (κ1) is 14.5. The number of hydrogen-bond acceptors (Lipinski definition) is 5. The van der Waals surface area contributed by atoms with Crippen LogP contribution in [0, 0.1) is 5.92 Å². The Balaban J connectivity index is 2.24. The third kappa shape index (κ3) is 2.19. The number of carbonyl (C=O) groups excluding carboxylic acids is 1. The fourth-order valence-corrected chi connectivity index (χ4v) is 4.77. The maximum Gasteiger partial charge on any atom is 0.328 e. The molecule has 2 aliphatic rings. The van der Waals surface area contributed by atoms with Crippen molar-refractivity contribution in [3.8, 4) is 0 Å². The van der Waals surface area contributed by atoms with Crippen LogP contribution < -0.4 is 0 Å². The van der Waals surface area contributed by atoms with Gasteiger partial charge < -0.3 is 15.1 Å². The highest BCUT2D eigenvalue weighted by atomic mass is 32.2. The molecule has 5 nitrogen and oxygen atoms in total. The van der Waals surface area contributed by atoms with Crippen molar-refractivity contribution >= 4 is 40.7 Å². The minimum Gasteiger partial charge on any atom is -0.480 e. The van der Waals surface area contributed by atoms with E-state index in [4.69, 9.17) is 12.2 Å². The molecule has 7 heteroatoms. The third-order valence-electron chi connectivity index (χ3n) is 3.43. The summed E-state index contributed by atoms with van der Waals surface area (Å²) in [4.78, 5) is 25.2. The summed E-state index contributed by atoms with van der Waals surface area (Å²) in [5.74, 6) is -1.88. The molecule has 104 valence electrons. The van der Waals surface area contributed by atoms with Gasteiger partial charge in [0.25, 0.3) is 0 Å². The van der Waals surface area contributed by atoms with Crippen molar-refractivity contribution < 1.29 is 19.8 Å². The van der Waals surface area contributed by atoms with Gasteiger partial charge in [-0.2, -0.15) is 0 Å². The number of nitrogens with zero attached hydrogens (tertiary/aromatic N) is 1. The summed E-state index contributed by atoms with van der Waals surface area (Å²) in [6.07, 6.45) is 1.30. The van der Waals surface area contributed by atoms with E-state index in [1.807, 2.05) is 0 Å². The van der Waals surface area contributed by atoms with Gasteiger partial charge >= 0.3 is 5.97 Å². The van der Waals surface area contributed by atoms with Crippen molar-refractivity contribution in [2.75, 3.05) is 0 Å². The number of hydrogen-bond donors (Lipinski definition) is 2. The molecular formula is C12H15NO4S2. The summed E-state index contributed by atoms with van der Waals surface area (Å²) in [5.41, 5.74) is 0. The van der Waals surface area contributed by atoms with Crippen molar-refractivity contribution in [3.05, 3.63) is 12.7 Å². The average molecular weight is 301 g/mol. The average Bonchev–Trinajstić information content (AvgIpc) is 2.64. The largest absolute Gasteiger partial charge is 0.480 e. The number of aliphatic hydroxyl groups excluding tert-OH is 1. The molecule has 0 radical (unpaired) electrons. The van der Waals surface area contributed by atoms with E-state index < -0.39 is 29.3 Å². The molecule has 0 saturated carbocycles. The van der Waals surface area contributed by atoms with Crippen molar-refractivity contribution in [1.82, 2.24) is 4.90 Å². The first-order valence-corrected chi connectivity index (χ1v) is 7.27. The predicted octanol–water partition coefficient (Wildman–Crippen LogP) is 0.666. The molecule has 2 N–H and O–H groups in total. The van der Waals surface area contributed by atoms with Crippen molar-refractivity contribution in [2.45, 2.75) is 36.1 Å². The summed E-state index contributed by atoms with van der Waals surface area (Å²) in [5, 5.41) is 18.2. The second kappa shape index (κ2) is 5.22. The van der Waals surface area contributed by atoms with E-state index >= 15 is 0 Å². The highest BCUT2D eigenvalue weighted by Crippen LogP contribution is 2.49. The number of rotatable bonds is 5. The van der Waals surface area contributed by atoms with E-state index in [1.54, 1.807) is 13.0 Å². The van der Waals surface area contributed by atoms with Gasteiger partial charge in [0.1, 0.15) is 6.04 Å². The Bertz CT molecular complexity index is 451. The Morgan fingerprint density at radius 2 is 2.32 bits per heavy atom. The van der Waals surface area contributed by atoms with Crippen LogP contribution in [0.1, 0.15) is 13.3 Å². The molecule has 2 rings (SSSR count). The van der Waals surface area contributed by atoms with Gasteiger partial charge in [-0.3, -0.25) is 4.79 Å². The van der Waals surface area contributed by atoms with Crippen molar-refractivity contribution in [2.24, 2.45) is 5.92 Å². The summed E-state index contributed by atoms with van der Waals surface area (Å²) in [7, 11) is 0. The standard InChI is InChI=1S/C12H15NO4S2/c1-3-4-6(18)9-8(12(16)17)13-10(15)7(5(2)14)11(13)19-9/h3,5,7-9,11,14H,1,4H2,2H3,(H,16,17)/t5?,7-,8?,9?,11+/m0/s1. The number of fused-ring (bicyclic) bond motifs is 1. The van der Waals surface area contributed by atoms with E-state index in [9.17, 15) is 19.8 Å². The number of carboxylic acids is 1. The van der Waals surface area contributed by atoms with Crippen molar-refractivity contribution in [1.29, 1.82) is 0 Å². The highest BCUT2D eigenvalue weighted by Gasteiger charge is 2.62. The predicted molar refractivity (Wildman–Crippen MR) is 76.0 cm³/mol. The zero-order valence-corrected chi connectivity index (χ0v) is 12.0. The lowest BCUT2D eigenvalue weighted by molar-refractivity contribution is -0.166. The maximum absolute atomic E-state index is 12.0. The molecule has 0 aliphatic carbocycles. The number of β-lactam (4-membered cyclic amide) rings is 1. The monoisotopic (exact) mass is 301 g/mol. The first-order chi connectivity index (χ1) is 8.90. The third-order valence-corrected chi connectivity index (χ3v) is 5.63. The summed E-state index contributed by atoms with van der Waals surface area (Å²) >= 11 is 6.59. The quantitative estimate of drug-likeness (QED) is 0.441. The topological polar surface area (TPSA) is 77.8 Å². The Morgan fingerprint density at radius 1 is 1.68 bits per heavy atom. The Hall–Kier alpha value is -0.920. The fraction of sp³-hybridized carbons (Fsp3) is 0.583. The molecule has 1 amide bonds. The van der Waals surface area contributed by atoms with Gasteiger partial charge in [-0.05, 0) is 13.3 Å². The SMILES string of the molecule is C=CCC(=S)C1S[C@@H]2[C@@H](C(C)O)C(=O)N2C1C(=O)O. The van der Waals surface area contributed by atoms with Crippen LogP contribution >= 0.6 is 24.0 Å². The lowest BCUT2D eigenvalue weighted by Crippen LogP contribution is -2.64. The highest BCUT2D eigenvalue weighted by molar-refractivity contribution is 8.02. The Kier molecular flexibility index (Phi) is 3.98. The van der Waals surface area contributed by atoms with Crippen LogP contribution in [0.2, 0.25) is 0 Å². The smallest absolute Gasteiger partial charge is 0.328 e. The molecule has 0 bridgehead atoms. The lowest BCUT2D eigenvalue weighted by atomic mass is 9.90. The molecule has 2 saturated heterocycles. The number of thioether (sulfide) groups is 1. The second-order valence-corrected chi connectivity index (χ2v) is 6.49. The molecule has 0 aromatic rings. The lowest BCUT2D eigenvalue weighted by Gasteiger charge is -2.44. The molecular weight excluding hydrogens is 286 g/mol. The number of thiocarbonyl (C=S) groups is 1. The number of carbonyl (C=O) groups is 2. The minimum atomic E-state index is -1.05. The zero-order chi connectivity index (χ0) is 14.3. The normalized spacial score (nSPS) is 34.4. The molecule has 2 fully saturated rings. The Labute approximate surface area is 120 Å². The van der Waals surface area contributed by atoms with Crippen LogP contribution in [-0.2, 0) is 9.59 Å². The van der Waals surface area contributed by atoms with Crippen LogP contribution in [-0.4, -0.2) is 54.6 Å². The van der Waals surface area contributed by atoms with Gasteiger partial charge in [-0.15, -0.1) is 18.3 Å². The van der Waals surface area contributed by atoms with E-state index in [0.29, 0.717) is 11.3 Å². The molecule has 19 heavy (non-hydrogen) atoms. The summed E-state index contributed by atoms with van der Waals surface area (Å²) < 4.78 is 0. The van der Waals surface area contributed by atoms with Crippen molar-refractivity contribution in [3.63, 3.8) is 0 Å². The molecule has 2 aliphatic heterocycles. The van der Waals surface area contributed by atoms with Gasteiger partial charge in [-0.25, -0.2) is 4.79 Å². The van der Waals surface area contributed by atoms with E-state index in [-0.39, 0.29) is 11.3 Å². The van der Waals surface area contributed by atoms with Gasteiger partial charge in [-0.1, -0.05) is 18.3 Å². The summed E-state index contributed by atoms with van der Waals surface area (Å²) in [6, 6.07) is -0.926. The Morgan fingerprint density at radius 3 is 2.79 bits per heavy atom. The number of carboxylic acid groups (broad SMARTS) is 1. The van der Waals surface area contributed by atoms with Gasteiger partial charge in [0, 0.05) is 4.86 Å². The summed E-state index contributed by atoms with van der Waals surface area (Å²) in [6.45, 7) is 5.14. The van der Waals surface area contributed by atoms with Crippen LogP contribution in [0.4, 0.5) is 0 Å². The van der Waals surface area contributed by atoms with Gasteiger partial charge in [0.2, 0.25) is 5.91 Å². The van der Waals surface area contributed by atoms with E-state index in [0.717, 1.165) is 0 Å². The minimum absolute atomic E-state index is 0.290. The van der Waals surface area contributed by atoms with Crippen LogP contribution in [0.25, 0.3) is 0 Å². The van der Waals surface area contributed by atoms with Crippen LogP contribution in [0.5, 0.6) is 0 Å². The number of amides is 1. The van der Waals surface area contributed by atoms with Gasteiger partial charge in [0.15, 0.2) is 0 Å². The molecule has 2 heterocycles. The number of allylic oxidation sites excluding steroid dienone is 1. The molecule has 0 spiro atoms. The molecule has 5 atom stereocenters. The van der Waals surface area contributed by atoms with Gasteiger partial charge in [0.05, 0.1) is 22.6 Å². The fourth-order valence-electron chi connectivity index (χ4n) is 2.53.